The molecule has 0 unspecified atom stereocenters. The van der Waals surface area contributed by atoms with E-state index in [9.17, 15) is 20.0 Å². The highest BCUT2D eigenvalue weighted by molar-refractivity contribution is 6.35. The molecule has 7 nitrogen and oxygen atoms in total. The topological polar surface area (TPSA) is 98.3 Å². The summed E-state index contributed by atoms with van der Waals surface area (Å²) in [6, 6.07) is 10.5. The minimum atomic E-state index is -0.569. The first kappa shape index (κ1) is 17.8. The van der Waals surface area contributed by atoms with Crippen molar-refractivity contribution in [3.63, 3.8) is 0 Å². The Labute approximate surface area is 153 Å². The minimum absolute atomic E-state index is 0.100. The van der Waals surface area contributed by atoms with E-state index in [2.05, 4.69) is 4.98 Å². The number of rotatable bonds is 5. The van der Waals surface area contributed by atoms with Crippen LogP contribution in [0.4, 0.5) is 5.69 Å². The van der Waals surface area contributed by atoms with Gasteiger partial charge in [0.15, 0.2) is 5.78 Å². The number of halogens is 1. The van der Waals surface area contributed by atoms with Gasteiger partial charge in [0.1, 0.15) is 12.4 Å². The Kier molecular flexibility index (Phi) is 4.83. The molecular formula is C18H14ClN3O4. The average molecular weight is 372 g/mol. The van der Waals surface area contributed by atoms with E-state index in [0.717, 1.165) is 0 Å². The molecule has 3 aromatic rings. The molecule has 0 spiro atoms. The first-order valence-corrected chi connectivity index (χ1v) is 8.04. The molecule has 0 saturated carbocycles. The van der Waals surface area contributed by atoms with Gasteiger partial charge >= 0.3 is 0 Å². The highest BCUT2D eigenvalue weighted by atomic mass is 35.5. The van der Waals surface area contributed by atoms with E-state index in [1.54, 1.807) is 42.0 Å². The number of hydrogen-bond acceptors (Lipinski definition) is 5. The van der Waals surface area contributed by atoms with Crippen molar-refractivity contribution in [3.8, 4) is 5.69 Å². The largest absolute Gasteiger partial charge is 0.388 e. The molecule has 0 radical (unpaired) electrons. The van der Waals surface area contributed by atoms with Crippen molar-refractivity contribution in [1.82, 2.24) is 9.55 Å². The first-order chi connectivity index (χ1) is 12.4. The number of nitro groups is 1. The number of carbonyl (C=O) groups is 1. The number of carbonyl (C=O) groups excluding carboxylic acids is 1. The van der Waals surface area contributed by atoms with Gasteiger partial charge in [-0.15, -0.1) is 0 Å². The monoisotopic (exact) mass is 371 g/mol. The molecule has 0 atom stereocenters. The highest BCUT2D eigenvalue weighted by Gasteiger charge is 2.22. The van der Waals surface area contributed by atoms with Crippen molar-refractivity contribution in [2.75, 3.05) is 0 Å². The van der Waals surface area contributed by atoms with Gasteiger partial charge in [-0.25, -0.2) is 4.98 Å². The lowest BCUT2D eigenvalue weighted by molar-refractivity contribution is -0.384. The molecule has 0 fully saturated rings. The number of aliphatic hydroxyl groups excluding tert-OH is 1. The second-order valence-corrected chi connectivity index (χ2v) is 5.98. The number of benzene rings is 2. The standard InChI is InChI=1S/C18H14ClN3O4/c1-11-9-20-17(10-23)21(11)16-7-6-12(22(25)26)8-14(16)18(24)13-4-2-3-5-15(13)19/h2-9,23H,10H2,1H3. The second kappa shape index (κ2) is 7.07. The molecule has 132 valence electrons. The molecule has 0 amide bonds. The fourth-order valence-electron chi connectivity index (χ4n) is 2.73. The molecule has 3 rings (SSSR count). The predicted octanol–water partition coefficient (Wildman–Crippen LogP) is 3.47. The van der Waals surface area contributed by atoms with Crippen molar-refractivity contribution in [3.05, 3.63) is 86.4 Å². The lowest BCUT2D eigenvalue weighted by atomic mass is 10.0. The quantitative estimate of drug-likeness (QED) is 0.420. The Hall–Kier alpha value is -3.03. The third kappa shape index (κ3) is 3.10. The van der Waals surface area contributed by atoms with Gasteiger partial charge in [0.05, 0.1) is 21.2 Å². The van der Waals surface area contributed by atoms with Crippen molar-refractivity contribution >= 4 is 23.1 Å². The lowest BCUT2D eigenvalue weighted by Crippen LogP contribution is -2.12. The molecule has 0 aliphatic carbocycles. The van der Waals surface area contributed by atoms with Crippen LogP contribution in [0.1, 0.15) is 27.4 Å². The van der Waals surface area contributed by atoms with Crippen LogP contribution in [0.2, 0.25) is 5.02 Å². The molecule has 1 N–H and O–H groups in total. The number of aryl methyl sites for hydroxylation is 1. The van der Waals surface area contributed by atoms with Crippen LogP contribution in [0.15, 0.2) is 48.7 Å². The van der Waals surface area contributed by atoms with Crippen LogP contribution in [0.5, 0.6) is 0 Å². The smallest absolute Gasteiger partial charge is 0.270 e. The third-order valence-electron chi connectivity index (χ3n) is 3.95. The van der Waals surface area contributed by atoms with Gasteiger partial charge in [0.2, 0.25) is 0 Å². The fraction of sp³-hybridized carbons (Fsp3) is 0.111. The molecule has 0 saturated heterocycles. The maximum atomic E-state index is 13.1. The molecular weight excluding hydrogens is 358 g/mol. The van der Waals surface area contributed by atoms with Gasteiger partial charge in [-0.3, -0.25) is 19.5 Å². The van der Waals surface area contributed by atoms with Crippen LogP contribution in [0, 0.1) is 17.0 Å². The van der Waals surface area contributed by atoms with Crippen molar-refractivity contribution in [1.29, 1.82) is 0 Å². The molecule has 2 aromatic carbocycles. The zero-order chi connectivity index (χ0) is 18.8. The molecule has 0 aliphatic rings. The number of aliphatic hydroxyl groups is 1. The van der Waals surface area contributed by atoms with Gasteiger partial charge in [-0.1, -0.05) is 23.7 Å². The molecule has 0 aliphatic heterocycles. The number of aromatic nitrogens is 2. The Bertz CT molecular complexity index is 1010. The maximum Gasteiger partial charge on any atom is 0.270 e. The lowest BCUT2D eigenvalue weighted by Gasteiger charge is -2.14. The van der Waals surface area contributed by atoms with E-state index in [1.807, 2.05) is 0 Å². The summed E-state index contributed by atoms with van der Waals surface area (Å²) in [6.07, 6.45) is 1.55. The summed E-state index contributed by atoms with van der Waals surface area (Å²) in [5, 5.41) is 21.0. The molecule has 8 heteroatoms. The summed E-state index contributed by atoms with van der Waals surface area (Å²) in [6.45, 7) is 1.42. The van der Waals surface area contributed by atoms with Crippen LogP contribution in [-0.4, -0.2) is 25.4 Å². The number of non-ortho nitro benzene ring substituents is 1. The predicted molar refractivity (Wildman–Crippen MR) is 95.8 cm³/mol. The van der Waals surface area contributed by atoms with Gasteiger partial charge in [0.25, 0.3) is 5.69 Å². The summed E-state index contributed by atoms with van der Waals surface area (Å²) >= 11 is 6.12. The number of ketones is 1. The van der Waals surface area contributed by atoms with Crippen molar-refractivity contribution in [2.24, 2.45) is 0 Å². The molecule has 1 heterocycles. The Morgan fingerprint density at radius 2 is 2.00 bits per heavy atom. The summed E-state index contributed by atoms with van der Waals surface area (Å²) in [5.74, 6) is -0.129. The normalized spacial score (nSPS) is 10.7. The summed E-state index contributed by atoms with van der Waals surface area (Å²) in [4.78, 5) is 27.8. The van der Waals surface area contributed by atoms with Crippen LogP contribution in [0.25, 0.3) is 5.69 Å². The fourth-order valence-corrected chi connectivity index (χ4v) is 2.95. The summed E-state index contributed by atoms with van der Waals surface area (Å²) in [5.41, 5.74) is 1.19. The van der Waals surface area contributed by atoms with Gasteiger partial charge in [-0.05, 0) is 25.1 Å². The minimum Gasteiger partial charge on any atom is -0.388 e. The van der Waals surface area contributed by atoms with Crippen molar-refractivity contribution < 1.29 is 14.8 Å². The zero-order valence-corrected chi connectivity index (χ0v) is 14.5. The molecule has 1 aromatic heterocycles. The summed E-state index contributed by atoms with van der Waals surface area (Å²) in [7, 11) is 0. The molecule has 0 bridgehead atoms. The first-order valence-electron chi connectivity index (χ1n) is 7.66. The van der Waals surface area contributed by atoms with E-state index in [0.29, 0.717) is 17.2 Å². The van der Waals surface area contributed by atoms with Crippen molar-refractivity contribution in [2.45, 2.75) is 13.5 Å². The van der Waals surface area contributed by atoms with Gasteiger partial charge in [0, 0.05) is 29.6 Å². The number of nitrogens with zero attached hydrogens (tertiary/aromatic N) is 3. The van der Waals surface area contributed by atoms with E-state index in [4.69, 9.17) is 11.6 Å². The molecule has 26 heavy (non-hydrogen) atoms. The van der Waals surface area contributed by atoms with Crippen LogP contribution in [0.3, 0.4) is 0 Å². The number of imidazole rings is 1. The zero-order valence-electron chi connectivity index (χ0n) is 13.7. The van der Waals surface area contributed by atoms with Gasteiger partial charge in [-0.2, -0.15) is 0 Å². The van der Waals surface area contributed by atoms with E-state index in [-0.39, 0.29) is 28.4 Å². The van der Waals surface area contributed by atoms with Crippen LogP contribution >= 0.6 is 11.6 Å². The number of nitro benzene ring substituents is 1. The average Bonchev–Trinajstić information content (AvgIpc) is 3.01. The Morgan fingerprint density at radius 1 is 1.27 bits per heavy atom. The van der Waals surface area contributed by atoms with Crippen LogP contribution in [-0.2, 0) is 6.61 Å². The summed E-state index contributed by atoms with van der Waals surface area (Å²) < 4.78 is 1.59. The third-order valence-corrected chi connectivity index (χ3v) is 4.28. The Balaban J connectivity index is 2.27. The van der Waals surface area contributed by atoms with E-state index in [1.165, 1.54) is 18.2 Å². The number of hydrogen-bond donors (Lipinski definition) is 1. The Morgan fingerprint density at radius 3 is 2.65 bits per heavy atom. The SMILES string of the molecule is Cc1cnc(CO)n1-c1ccc([N+](=O)[O-])cc1C(=O)c1ccccc1Cl. The maximum absolute atomic E-state index is 13.1. The second-order valence-electron chi connectivity index (χ2n) is 5.58. The van der Waals surface area contributed by atoms with E-state index >= 15 is 0 Å². The van der Waals surface area contributed by atoms with E-state index < -0.39 is 10.7 Å². The van der Waals surface area contributed by atoms with Crippen LogP contribution < -0.4 is 0 Å². The highest BCUT2D eigenvalue weighted by Crippen LogP contribution is 2.28. The van der Waals surface area contributed by atoms with Gasteiger partial charge < -0.3 is 5.11 Å².